The maximum absolute atomic E-state index is 13.0. The number of hydrogen-bond donors (Lipinski definition) is 1. The molecule has 1 aliphatic heterocycles. The number of nitrogens with zero attached hydrogens (tertiary/aromatic N) is 1. The van der Waals surface area contributed by atoms with Crippen molar-refractivity contribution in [2.45, 2.75) is 12.8 Å². The highest BCUT2D eigenvalue weighted by atomic mass is 127. The number of anilines is 1. The van der Waals surface area contributed by atoms with Crippen molar-refractivity contribution in [1.29, 1.82) is 0 Å². The third-order valence-electron chi connectivity index (χ3n) is 6.22. The standard InChI is InChI=1S/C30H19F3I2N2O4S/c31-30(32,33)20-8-4-9-21(14-20)36-26(38)15-37-28(39)25(42-29(37)40)13-17-11-23(34)27(24(35)12-17)41-16-19-7-3-6-18-5-1-2-10-22(18)19/h1-14H,15-16H2,(H,36,38)/b25-13-. The quantitative estimate of drug-likeness (QED) is 0.150. The molecule has 0 bridgehead atoms. The lowest BCUT2D eigenvalue weighted by molar-refractivity contribution is -0.137. The fourth-order valence-electron chi connectivity index (χ4n) is 4.27. The summed E-state index contributed by atoms with van der Waals surface area (Å²) in [4.78, 5) is 38.8. The van der Waals surface area contributed by atoms with Gasteiger partial charge < -0.3 is 10.1 Å². The van der Waals surface area contributed by atoms with E-state index in [2.05, 4.69) is 56.6 Å². The summed E-state index contributed by atoms with van der Waals surface area (Å²) in [5.41, 5.74) is 0.697. The molecule has 1 aliphatic rings. The molecule has 1 heterocycles. The topological polar surface area (TPSA) is 75.7 Å². The highest BCUT2D eigenvalue weighted by Gasteiger charge is 2.36. The van der Waals surface area contributed by atoms with Crippen molar-refractivity contribution in [3.05, 3.63) is 108 Å². The first kappa shape index (κ1) is 30.4. The first-order chi connectivity index (χ1) is 20.0. The Kier molecular flexibility index (Phi) is 9.13. The molecule has 0 aliphatic carbocycles. The summed E-state index contributed by atoms with van der Waals surface area (Å²) in [5.74, 6) is -0.763. The van der Waals surface area contributed by atoms with Crippen LogP contribution in [0.5, 0.6) is 5.75 Å². The molecule has 0 atom stereocenters. The Labute approximate surface area is 270 Å². The third-order valence-corrected chi connectivity index (χ3v) is 8.73. The number of benzene rings is 4. The van der Waals surface area contributed by atoms with E-state index >= 15 is 0 Å². The molecule has 0 saturated carbocycles. The molecule has 0 spiro atoms. The van der Waals surface area contributed by atoms with Crippen LogP contribution in [0.3, 0.4) is 0 Å². The monoisotopic (exact) mass is 814 g/mol. The number of thioether (sulfide) groups is 1. The van der Waals surface area contributed by atoms with Crippen molar-refractivity contribution in [1.82, 2.24) is 4.90 Å². The number of halogens is 5. The van der Waals surface area contributed by atoms with E-state index in [1.54, 1.807) is 6.08 Å². The Balaban J connectivity index is 1.26. The second-order valence-corrected chi connectivity index (χ2v) is 12.5. The van der Waals surface area contributed by atoms with Gasteiger partial charge in [0.05, 0.1) is 17.6 Å². The second-order valence-electron chi connectivity index (χ2n) is 9.14. The molecule has 42 heavy (non-hydrogen) atoms. The fourth-order valence-corrected chi connectivity index (χ4v) is 7.24. The lowest BCUT2D eigenvalue weighted by Gasteiger charge is -2.14. The number of rotatable bonds is 7. The molecule has 5 rings (SSSR count). The van der Waals surface area contributed by atoms with E-state index in [1.807, 2.05) is 48.5 Å². The summed E-state index contributed by atoms with van der Waals surface area (Å²) in [6, 6.07) is 21.9. The van der Waals surface area contributed by atoms with Crippen molar-refractivity contribution in [3.63, 3.8) is 0 Å². The first-order valence-corrected chi connectivity index (χ1v) is 15.3. The van der Waals surface area contributed by atoms with Crippen molar-refractivity contribution < 1.29 is 32.3 Å². The minimum atomic E-state index is -4.57. The number of ether oxygens (including phenoxy) is 1. The van der Waals surface area contributed by atoms with Crippen molar-refractivity contribution >= 4 is 96.5 Å². The van der Waals surface area contributed by atoms with Gasteiger partial charge in [0.15, 0.2) is 0 Å². The number of imide groups is 1. The molecule has 1 N–H and O–H groups in total. The number of hydrogen-bond acceptors (Lipinski definition) is 5. The van der Waals surface area contributed by atoms with Crippen molar-refractivity contribution in [3.8, 4) is 5.75 Å². The zero-order valence-corrected chi connectivity index (χ0v) is 26.5. The number of carbonyl (C=O) groups excluding carboxylic acids is 3. The maximum Gasteiger partial charge on any atom is 0.416 e. The molecule has 4 aromatic rings. The maximum atomic E-state index is 13.0. The SMILES string of the molecule is O=C(CN1C(=O)S/C(=C\c2cc(I)c(OCc3cccc4ccccc34)c(I)c2)C1=O)Nc1cccc(C(F)(F)F)c1. The Hall–Kier alpha value is -3.11. The third kappa shape index (κ3) is 6.92. The number of alkyl halides is 3. The van der Waals surface area contributed by atoms with E-state index in [1.165, 1.54) is 6.07 Å². The Morgan fingerprint density at radius 1 is 0.952 bits per heavy atom. The smallest absolute Gasteiger partial charge is 0.416 e. The van der Waals surface area contributed by atoms with Crippen LogP contribution in [0.4, 0.5) is 23.7 Å². The van der Waals surface area contributed by atoms with E-state index in [4.69, 9.17) is 4.74 Å². The van der Waals surface area contributed by atoms with Crippen LogP contribution in [0.1, 0.15) is 16.7 Å². The summed E-state index contributed by atoms with van der Waals surface area (Å²) < 4.78 is 46.7. The number of amides is 3. The van der Waals surface area contributed by atoms with Gasteiger partial charge in [-0.25, -0.2) is 0 Å². The summed E-state index contributed by atoms with van der Waals surface area (Å²) in [6.07, 6.45) is -3.01. The molecule has 6 nitrogen and oxygen atoms in total. The minimum Gasteiger partial charge on any atom is -0.487 e. The lowest BCUT2D eigenvalue weighted by Crippen LogP contribution is -2.36. The lowest BCUT2D eigenvalue weighted by atomic mass is 10.1. The highest BCUT2D eigenvalue weighted by Crippen LogP contribution is 2.36. The fraction of sp³-hybridized carbons (Fsp3) is 0.100. The highest BCUT2D eigenvalue weighted by molar-refractivity contribution is 14.1. The Bertz CT molecular complexity index is 1730. The van der Waals surface area contributed by atoms with Gasteiger partial charge in [0.2, 0.25) is 5.91 Å². The van der Waals surface area contributed by atoms with Crippen LogP contribution in [-0.2, 0) is 22.4 Å². The first-order valence-electron chi connectivity index (χ1n) is 12.3. The second kappa shape index (κ2) is 12.6. The van der Waals surface area contributed by atoms with Crippen LogP contribution in [0, 0.1) is 7.14 Å². The molecule has 3 amide bonds. The van der Waals surface area contributed by atoms with Gasteiger partial charge in [-0.05, 0) is 115 Å². The molecule has 12 heteroatoms. The zero-order valence-electron chi connectivity index (χ0n) is 21.4. The molecule has 1 fully saturated rings. The minimum absolute atomic E-state index is 0.0933. The van der Waals surface area contributed by atoms with Crippen molar-refractivity contribution in [2.24, 2.45) is 0 Å². The van der Waals surface area contributed by atoms with Gasteiger partial charge in [-0.3, -0.25) is 19.3 Å². The molecular formula is C30H19F3I2N2O4S. The Morgan fingerprint density at radius 2 is 1.64 bits per heavy atom. The predicted molar refractivity (Wildman–Crippen MR) is 173 cm³/mol. The van der Waals surface area contributed by atoms with E-state index in [9.17, 15) is 27.6 Å². The van der Waals surface area contributed by atoms with E-state index in [0.29, 0.717) is 29.7 Å². The van der Waals surface area contributed by atoms with Crippen LogP contribution in [0.25, 0.3) is 16.8 Å². The van der Waals surface area contributed by atoms with Gasteiger partial charge in [0.1, 0.15) is 18.9 Å². The van der Waals surface area contributed by atoms with Crippen LogP contribution in [0.2, 0.25) is 0 Å². The molecule has 4 aromatic carbocycles. The summed E-state index contributed by atoms with van der Waals surface area (Å²) >= 11 is 5.00. The van der Waals surface area contributed by atoms with Gasteiger partial charge >= 0.3 is 6.18 Å². The summed E-state index contributed by atoms with van der Waals surface area (Å²) in [5, 5.41) is 3.90. The van der Waals surface area contributed by atoms with Gasteiger partial charge in [0, 0.05) is 5.69 Å². The molecule has 214 valence electrons. The van der Waals surface area contributed by atoms with Crippen LogP contribution >= 0.6 is 56.9 Å². The van der Waals surface area contributed by atoms with Gasteiger partial charge in [-0.15, -0.1) is 0 Å². The Morgan fingerprint density at radius 3 is 2.38 bits per heavy atom. The van der Waals surface area contributed by atoms with E-state index < -0.39 is 35.3 Å². The number of fused-ring (bicyclic) bond motifs is 1. The summed E-state index contributed by atoms with van der Waals surface area (Å²) in [6.45, 7) is -0.261. The van der Waals surface area contributed by atoms with Gasteiger partial charge in [0.25, 0.3) is 11.1 Å². The largest absolute Gasteiger partial charge is 0.487 e. The molecule has 1 saturated heterocycles. The number of nitrogens with one attached hydrogen (secondary N) is 1. The zero-order chi connectivity index (χ0) is 30.0. The van der Waals surface area contributed by atoms with Crippen LogP contribution in [0.15, 0.2) is 83.8 Å². The van der Waals surface area contributed by atoms with Crippen LogP contribution in [-0.4, -0.2) is 28.5 Å². The average molecular weight is 814 g/mol. The molecule has 0 unspecified atom stereocenters. The van der Waals surface area contributed by atoms with E-state index in [0.717, 1.165) is 46.6 Å². The number of carbonyl (C=O) groups is 3. The normalized spacial score (nSPS) is 14.6. The summed E-state index contributed by atoms with van der Waals surface area (Å²) in [7, 11) is 0. The molecule has 0 aromatic heterocycles. The van der Waals surface area contributed by atoms with Crippen molar-refractivity contribution in [2.75, 3.05) is 11.9 Å². The van der Waals surface area contributed by atoms with E-state index in [-0.39, 0.29) is 10.6 Å². The van der Waals surface area contributed by atoms with Gasteiger partial charge in [-0.2, -0.15) is 13.2 Å². The molecular weight excluding hydrogens is 795 g/mol. The van der Waals surface area contributed by atoms with Gasteiger partial charge in [-0.1, -0.05) is 48.5 Å². The average Bonchev–Trinajstić information content (AvgIpc) is 3.19. The predicted octanol–water partition coefficient (Wildman–Crippen LogP) is 8.32. The van der Waals surface area contributed by atoms with Crippen LogP contribution < -0.4 is 10.1 Å². The molecule has 0 radical (unpaired) electrons.